The highest BCUT2D eigenvalue weighted by Gasteiger charge is 2.11. The van der Waals surface area contributed by atoms with Crippen molar-refractivity contribution in [3.63, 3.8) is 0 Å². The van der Waals surface area contributed by atoms with Gasteiger partial charge in [-0.1, -0.05) is 45.9 Å². The maximum atomic E-state index is 5.65. The first-order chi connectivity index (χ1) is 13.7. The highest BCUT2D eigenvalue weighted by atomic mass is 79.9. The Morgan fingerprint density at radius 2 is 2.00 bits per heavy atom. The van der Waals surface area contributed by atoms with Crippen LogP contribution in [0, 0.1) is 0 Å². The molecular weight excluding hydrogens is 442 g/mol. The van der Waals surface area contributed by atoms with Crippen molar-refractivity contribution in [3.8, 4) is 17.2 Å². The van der Waals surface area contributed by atoms with Crippen LogP contribution in [0.4, 0.5) is 0 Å². The number of nitrogens with one attached hydrogen (secondary N) is 1. The Hall–Kier alpha value is -2.10. The molecule has 0 amide bonds. The van der Waals surface area contributed by atoms with Crippen LogP contribution in [0.15, 0.2) is 52.1 Å². The summed E-state index contributed by atoms with van der Waals surface area (Å²) in [5.74, 6) is 2.32. The SMILES string of the molecule is CCOc1cc(CNCCSc2nnnn2-c2ccccc2)c(Br)cc1OC. The molecule has 1 N–H and O–H groups in total. The van der Waals surface area contributed by atoms with Gasteiger partial charge in [0.05, 0.1) is 19.4 Å². The summed E-state index contributed by atoms with van der Waals surface area (Å²) in [6, 6.07) is 13.8. The van der Waals surface area contributed by atoms with Crippen molar-refractivity contribution in [2.24, 2.45) is 0 Å². The van der Waals surface area contributed by atoms with Crippen molar-refractivity contribution in [2.45, 2.75) is 18.6 Å². The van der Waals surface area contributed by atoms with Crippen molar-refractivity contribution in [1.82, 2.24) is 25.5 Å². The third-order valence-corrected chi connectivity index (χ3v) is 5.56. The van der Waals surface area contributed by atoms with Gasteiger partial charge in [0, 0.05) is 23.3 Å². The number of nitrogens with zero attached hydrogens (tertiary/aromatic N) is 4. The fraction of sp³-hybridized carbons (Fsp3) is 0.316. The van der Waals surface area contributed by atoms with Crippen LogP contribution < -0.4 is 14.8 Å². The molecule has 1 aromatic heterocycles. The quantitative estimate of drug-likeness (QED) is 0.362. The van der Waals surface area contributed by atoms with E-state index >= 15 is 0 Å². The zero-order valence-corrected chi connectivity index (χ0v) is 18.2. The summed E-state index contributed by atoms with van der Waals surface area (Å²) >= 11 is 5.21. The molecule has 28 heavy (non-hydrogen) atoms. The number of hydrogen-bond donors (Lipinski definition) is 1. The Bertz CT molecular complexity index is 891. The first-order valence-electron chi connectivity index (χ1n) is 8.89. The van der Waals surface area contributed by atoms with Crippen LogP contribution in [0.2, 0.25) is 0 Å². The molecule has 148 valence electrons. The number of thioether (sulfide) groups is 1. The molecule has 0 saturated carbocycles. The van der Waals surface area contributed by atoms with E-state index in [4.69, 9.17) is 9.47 Å². The molecule has 0 radical (unpaired) electrons. The van der Waals surface area contributed by atoms with Gasteiger partial charge < -0.3 is 14.8 Å². The van der Waals surface area contributed by atoms with Crippen LogP contribution in [-0.4, -0.2) is 46.2 Å². The van der Waals surface area contributed by atoms with Gasteiger partial charge in [-0.3, -0.25) is 0 Å². The molecule has 0 aliphatic rings. The summed E-state index contributed by atoms with van der Waals surface area (Å²) in [5.41, 5.74) is 2.07. The van der Waals surface area contributed by atoms with Crippen molar-refractivity contribution in [2.75, 3.05) is 26.0 Å². The summed E-state index contributed by atoms with van der Waals surface area (Å²) in [6.07, 6.45) is 0. The first kappa shape index (κ1) is 20.6. The molecule has 0 aliphatic heterocycles. The highest BCUT2D eigenvalue weighted by Crippen LogP contribution is 2.33. The van der Waals surface area contributed by atoms with E-state index in [0.717, 1.165) is 51.2 Å². The molecule has 0 saturated heterocycles. The van der Waals surface area contributed by atoms with Gasteiger partial charge in [-0.25, -0.2) is 0 Å². The van der Waals surface area contributed by atoms with Crippen LogP contribution in [0.25, 0.3) is 5.69 Å². The van der Waals surface area contributed by atoms with Crippen LogP contribution in [-0.2, 0) is 6.54 Å². The Morgan fingerprint density at radius 3 is 2.75 bits per heavy atom. The summed E-state index contributed by atoms with van der Waals surface area (Å²) in [6.45, 7) is 4.08. The molecular formula is C19H22BrN5O2S. The van der Waals surface area contributed by atoms with Crippen LogP contribution >= 0.6 is 27.7 Å². The molecule has 0 atom stereocenters. The number of aromatic nitrogens is 4. The van der Waals surface area contributed by atoms with Gasteiger partial charge in [0.1, 0.15) is 0 Å². The van der Waals surface area contributed by atoms with Crippen molar-refractivity contribution in [3.05, 3.63) is 52.5 Å². The van der Waals surface area contributed by atoms with Gasteiger partial charge in [0.25, 0.3) is 0 Å². The smallest absolute Gasteiger partial charge is 0.214 e. The standard InChI is InChI=1S/C19H22BrN5O2S/c1-3-27-18-11-14(16(20)12-17(18)26-2)13-21-9-10-28-19-22-23-24-25(19)15-7-5-4-6-8-15/h4-8,11-12,21H,3,9-10,13H2,1-2H3. The Balaban J connectivity index is 1.52. The van der Waals surface area contributed by atoms with Crippen molar-refractivity contribution in [1.29, 1.82) is 0 Å². The molecule has 0 fully saturated rings. The molecule has 3 aromatic rings. The number of benzene rings is 2. The van der Waals surface area contributed by atoms with Gasteiger partial charge >= 0.3 is 0 Å². The van der Waals surface area contributed by atoms with E-state index < -0.39 is 0 Å². The topological polar surface area (TPSA) is 74.1 Å². The van der Waals surface area contributed by atoms with Crippen LogP contribution in [0.5, 0.6) is 11.5 Å². The molecule has 0 spiro atoms. The second kappa shape index (κ2) is 10.4. The van der Waals surface area contributed by atoms with Crippen molar-refractivity contribution < 1.29 is 9.47 Å². The maximum absolute atomic E-state index is 5.65. The zero-order chi connectivity index (χ0) is 19.8. The maximum Gasteiger partial charge on any atom is 0.214 e. The lowest BCUT2D eigenvalue weighted by molar-refractivity contribution is 0.310. The molecule has 7 nitrogen and oxygen atoms in total. The summed E-state index contributed by atoms with van der Waals surface area (Å²) in [5, 5.41) is 16.2. The van der Waals surface area contributed by atoms with Gasteiger partial charge in [0.15, 0.2) is 11.5 Å². The predicted octanol–water partition coefficient (Wildman–Crippen LogP) is 3.71. The number of tetrazole rings is 1. The van der Waals surface area contributed by atoms with E-state index in [0.29, 0.717) is 6.61 Å². The number of para-hydroxylation sites is 1. The number of methoxy groups -OCH3 is 1. The summed E-state index contributed by atoms with van der Waals surface area (Å²) in [7, 11) is 1.64. The Morgan fingerprint density at radius 1 is 1.18 bits per heavy atom. The van der Waals surface area contributed by atoms with Gasteiger partial charge in [-0.15, -0.1) is 5.10 Å². The third kappa shape index (κ3) is 5.24. The van der Waals surface area contributed by atoms with Gasteiger partial charge in [-0.2, -0.15) is 4.68 Å². The fourth-order valence-electron chi connectivity index (χ4n) is 2.58. The fourth-order valence-corrected chi connectivity index (χ4v) is 3.83. The Labute approximate surface area is 176 Å². The second-order valence-electron chi connectivity index (χ2n) is 5.76. The van der Waals surface area contributed by atoms with Gasteiger partial charge in [0.2, 0.25) is 5.16 Å². The molecule has 1 heterocycles. The number of hydrogen-bond acceptors (Lipinski definition) is 7. The molecule has 2 aromatic carbocycles. The molecule has 0 unspecified atom stereocenters. The third-order valence-electron chi connectivity index (χ3n) is 3.90. The second-order valence-corrected chi connectivity index (χ2v) is 7.68. The van der Waals surface area contributed by atoms with E-state index in [9.17, 15) is 0 Å². The van der Waals surface area contributed by atoms with E-state index in [1.54, 1.807) is 23.6 Å². The average Bonchev–Trinajstić information content (AvgIpc) is 3.19. The first-order valence-corrected chi connectivity index (χ1v) is 10.7. The predicted molar refractivity (Wildman–Crippen MR) is 113 cm³/mol. The molecule has 0 aliphatic carbocycles. The molecule has 3 rings (SSSR count). The largest absolute Gasteiger partial charge is 0.493 e. The van der Waals surface area contributed by atoms with E-state index in [1.165, 1.54) is 0 Å². The number of rotatable bonds is 10. The molecule has 0 bridgehead atoms. The zero-order valence-electron chi connectivity index (χ0n) is 15.8. The normalized spacial score (nSPS) is 10.8. The summed E-state index contributed by atoms with van der Waals surface area (Å²) in [4.78, 5) is 0. The van der Waals surface area contributed by atoms with Crippen LogP contribution in [0.3, 0.4) is 0 Å². The lowest BCUT2D eigenvalue weighted by Gasteiger charge is -2.13. The molecule has 9 heteroatoms. The number of ether oxygens (including phenoxy) is 2. The summed E-state index contributed by atoms with van der Waals surface area (Å²) < 4.78 is 13.8. The lowest BCUT2D eigenvalue weighted by atomic mass is 10.2. The monoisotopic (exact) mass is 463 g/mol. The minimum Gasteiger partial charge on any atom is -0.493 e. The van der Waals surface area contributed by atoms with Crippen molar-refractivity contribution >= 4 is 27.7 Å². The average molecular weight is 464 g/mol. The van der Waals surface area contributed by atoms with Crippen LogP contribution in [0.1, 0.15) is 12.5 Å². The van der Waals surface area contributed by atoms with E-state index in [2.05, 4.69) is 36.8 Å². The lowest BCUT2D eigenvalue weighted by Crippen LogP contribution is -2.17. The highest BCUT2D eigenvalue weighted by molar-refractivity contribution is 9.10. The minimum absolute atomic E-state index is 0.595. The van der Waals surface area contributed by atoms with E-state index in [1.807, 2.05) is 49.4 Å². The van der Waals surface area contributed by atoms with Gasteiger partial charge in [-0.05, 0) is 47.2 Å². The number of halogens is 1. The minimum atomic E-state index is 0.595. The Kier molecular flexibility index (Phi) is 7.70. The van der Waals surface area contributed by atoms with E-state index in [-0.39, 0.29) is 0 Å².